The summed E-state index contributed by atoms with van der Waals surface area (Å²) in [5.74, 6) is 0.442. The Labute approximate surface area is 157 Å². The SMILES string of the molecule is CC(C)CN[C@H]1CC(C(=O)N2CCOCC2)CN(C(=O)OC(C)(C)C)C1. The summed E-state index contributed by atoms with van der Waals surface area (Å²) < 4.78 is 10.9. The summed E-state index contributed by atoms with van der Waals surface area (Å²) in [5.41, 5.74) is -0.543. The van der Waals surface area contributed by atoms with Gasteiger partial charge in [-0.1, -0.05) is 13.8 Å². The third-order valence-corrected chi connectivity index (χ3v) is 4.59. The monoisotopic (exact) mass is 369 g/mol. The van der Waals surface area contributed by atoms with Gasteiger partial charge >= 0.3 is 6.09 Å². The molecule has 2 rings (SSSR count). The highest BCUT2D eigenvalue weighted by atomic mass is 16.6. The molecule has 0 aromatic rings. The van der Waals surface area contributed by atoms with Crippen LogP contribution in [-0.2, 0) is 14.3 Å². The Morgan fingerprint density at radius 2 is 1.81 bits per heavy atom. The molecule has 2 aliphatic heterocycles. The van der Waals surface area contributed by atoms with Crippen LogP contribution in [0.5, 0.6) is 0 Å². The lowest BCUT2D eigenvalue weighted by molar-refractivity contribution is -0.141. The number of piperidine rings is 1. The number of morpholine rings is 1. The molecule has 0 aromatic carbocycles. The summed E-state index contributed by atoms with van der Waals surface area (Å²) in [7, 11) is 0. The molecule has 150 valence electrons. The van der Waals surface area contributed by atoms with Crippen LogP contribution in [0.1, 0.15) is 41.0 Å². The van der Waals surface area contributed by atoms with Crippen molar-refractivity contribution in [1.82, 2.24) is 15.1 Å². The number of ether oxygens (including phenoxy) is 2. The summed E-state index contributed by atoms with van der Waals surface area (Å²) >= 11 is 0. The van der Waals surface area contributed by atoms with Crippen LogP contribution < -0.4 is 5.32 Å². The van der Waals surface area contributed by atoms with E-state index in [2.05, 4.69) is 19.2 Å². The first kappa shape index (κ1) is 21.0. The Hall–Kier alpha value is -1.34. The molecule has 1 N–H and O–H groups in total. The van der Waals surface area contributed by atoms with E-state index in [1.54, 1.807) is 4.90 Å². The Morgan fingerprint density at radius 1 is 1.15 bits per heavy atom. The number of nitrogens with one attached hydrogen (secondary N) is 1. The molecule has 0 aromatic heterocycles. The van der Waals surface area contributed by atoms with Gasteiger partial charge in [0, 0.05) is 32.2 Å². The molecule has 2 heterocycles. The standard InChI is InChI=1S/C19H35N3O4/c1-14(2)11-20-16-10-15(17(23)21-6-8-25-9-7-21)12-22(13-16)18(24)26-19(3,4)5/h14-16,20H,6-13H2,1-5H3/t15?,16-/m0/s1. The molecule has 2 atom stereocenters. The van der Waals surface area contributed by atoms with Crippen LogP contribution in [0.3, 0.4) is 0 Å². The summed E-state index contributed by atoms with van der Waals surface area (Å²) in [6.45, 7) is 14.2. The summed E-state index contributed by atoms with van der Waals surface area (Å²) in [6.07, 6.45) is 0.413. The summed E-state index contributed by atoms with van der Waals surface area (Å²) in [6, 6.07) is 0.105. The number of amides is 2. The van der Waals surface area contributed by atoms with Crippen LogP contribution in [0, 0.1) is 11.8 Å². The number of carbonyl (C=O) groups is 2. The highest BCUT2D eigenvalue weighted by Crippen LogP contribution is 2.22. The molecule has 0 aliphatic carbocycles. The second kappa shape index (κ2) is 9.04. The zero-order valence-corrected chi connectivity index (χ0v) is 16.9. The predicted molar refractivity (Wildman–Crippen MR) is 99.9 cm³/mol. The van der Waals surface area contributed by atoms with Gasteiger partial charge in [0.05, 0.1) is 19.1 Å². The van der Waals surface area contributed by atoms with Crippen molar-refractivity contribution >= 4 is 12.0 Å². The van der Waals surface area contributed by atoms with E-state index in [4.69, 9.17) is 9.47 Å². The van der Waals surface area contributed by atoms with Gasteiger partial charge in [-0.15, -0.1) is 0 Å². The van der Waals surface area contributed by atoms with Gasteiger partial charge in [-0.2, -0.15) is 0 Å². The fourth-order valence-electron chi connectivity index (χ4n) is 3.35. The molecule has 2 aliphatic rings. The maximum absolute atomic E-state index is 13.0. The molecule has 0 saturated carbocycles. The van der Waals surface area contributed by atoms with Crippen molar-refractivity contribution < 1.29 is 19.1 Å². The summed E-state index contributed by atoms with van der Waals surface area (Å²) in [4.78, 5) is 29.1. The minimum Gasteiger partial charge on any atom is -0.444 e. The quantitative estimate of drug-likeness (QED) is 0.817. The van der Waals surface area contributed by atoms with Crippen molar-refractivity contribution in [2.75, 3.05) is 45.9 Å². The Morgan fingerprint density at radius 3 is 2.38 bits per heavy atom. The molecular formula is C19H35N3O4. The van der Waals surface area contributed by atoms with Gasteiger partial charge in [-0.05, 0) is 39.7 Å². The lowest BCUT2D eigenvalue weighted by Crippen LogP contribution is -2.56. The van der Waals surface area contributed by atoms with E-state index in [0.29, 0.717) is 45.3 Å². The number of hydrogen-bond acceptors (Lipinski definition) is 5. The second-order valence-electron chi connectivity index (χ2n) is 8.75. The number of rotatable bonds is 4. The normalized spacial score (nSPS) is 24.7. The molecule has 7 nitrogen and oxygen atoms in total. The molecule has 0 bridgehead atoms. The maximum atomic E-state index is 13.0. The average Bonchev–Trinajstić information content (AvgIpc) is 2.58. The molecule has 0 spiro atoms. The lowest BCUT2D eigenvalue weighted by Gasteiger charge is -2.40. The van der Waals surface area contributed by atoms with Crippen LogP contribution in [0.2, 0.25) is 0 Å². The number of carbonyl (C=O) groups excluding carboxylic acids is 2. The van der Waals surface area contributed by atoms with Gasteiger partial charge in [0.25, 0.3) is 0 Å². The maximum Gasteiger partial charge on any atom is 0.410 e. The van der Waals surface area contributed by atoms with Crippen molar-refractivity contribution in [3.8, 4) is 0 Å². The Bertz CT molecular complexity index is 484. The van der Waals surface area contributed by atoms with E-state index in [-0.39, 0.29) is 24.0 Å². The minimum absolute atomic E-state index is 0.105. The lowest BCUT2D eigenvalue weighted by atomic mass is 9.92. The van der Waals surface area contributed by atoms with Crippen LogP contribution in [0.4, 0.5) is 4.79 Å². The van der Waals surface area contributed by atoms with Gasteiger partial charge in [0.15, 0.2) is 0 Å². The van der Waals surface area contributed by atoms with E-state index in [1.807, 2.05) is 25.7 Å². The van der Waals surface area contributed by atoms with Gasteiger partial charge in [-0.25, -0.2) is 4.79 Å². The first-order chi connectivity index (χ1) is 12.2. The number of nitrogens with zero attached hydrogens (tertiary/aromatic N) is 2. The van der Waals surface area contributed by atoms with Gasteiger partial charge in [-0.3, -0.25) is 4.79 Å². The van der Waals surface area contributed by atoms with E-state index in [1.165, 1.54) is 0 Å². The molecule has 26 heavy (non-hydrogen) atoms. The van der Waals surface area contributed by atoms with Crippen LogP contribution >= 0.6 is 0 Å². The van der Waals surface area contributed by atoms with Crippen molar-refractivity contribution in [3.05, 3.63) is 0 Å². The van der Waals surface area contributed by atoms with Gasteiger partial charge in [0.2, 0.25) is 5.91 Å². The third-order valence-electron chi connectivity index (χ3n) is 4.59. The zero-order chi connectivity index (χ0) is 19.3. The largest absolute Gasteiger partial charge is 0.444 e. The summed E-state index contributed by atoms with van der Waals surface area (Å²) in [5, 5.41) is 3.51. The van der Waals surface area contributed by atoms with Crippen LogP contribution in [0.15, 0.2) is 0 Å². The smallest absolute Gasteiger partial charge is 0.410 e. The number of likely N-dealkylation sites (tertiary alicyclic amines) is 1. The fraction of sp³-hybridized carbons (Fsp3) is 0.895. The highest BCUT2D eigenvalue weighted by Gasteiger charge is 2.37. The molecule has 7 heteroatoms. The minimum atomic E-state index is -0.543. The van der Waals surface area contributed by atoms with Crippen molar-refractivity contribution in [3.63, 3.8) is 0 Å². The fourth-order valence-corrected chi connectivity index (χ4v) is 3.35. The van der Waals surface area contributed by atoms with Crippen molar-refractivity contribution in [2.24, 2.45) is 11.8 Å². The van der Waals surface area contributed by atoms with Crippen LogP contribution in [-0.4, -0.2) is 79.4 Å². The van der Waals surface area contributed by atoms with Crippen LogP contribution in [0.25, 0.3) is 0 Å². The van der Waals surface area contributed by atoms with Crippen molar-refractivity contribution in [2.45, 2.75) is 52.7 Å². The molecule has 2 saturated heterocycles. The molecule has 1 unspecified atom stereocenters. The Balaban J connectivity index is 2.05. The topological polar surface area (TPSA) is 71.1 Å². The van der Waals surface area contributed by atoms with Crippen molar-refractivity contribution in [1.29, 1.82) is 0 Å². The molecule has 2 fully saturated rings. The molecule has 0 radical (unpaired) electrons. The van der Waals surface area contributed by atoms with E-state index < -0.39 is 5.60 Å². The number of hydrogen-bond donors (Lipinski definition) is 1. The first-order valence-electron chi connectivity index (χ1n) is 9.73. The first-order valence-corrected chi connectivity index (χ1v) is 9.73. The zero-order valence-electron chi connectivity index (χ0n) is 16.9. The predicted octanol–water partition coefficient (Wildman–Crippen LogP) is 1.72. The highest BCUT2D eigenvalue weighted by molar-refractivity contribution is 5.80. The third kappa shape index (κ3) is 6.43. The second-order valence-corrected chi connectivity index (χ2v) is 8.75. The van der Waals surface area contributed by atoms with Gasteiger partial charge < -0.3 is 24.6 Å². The molecular weight excluding hydrogens is 334 g/mol. The van der Waals surface area contributed by atoms with E-state index in [9.17, 15) is 9.59 Å². The molecule has 2 amide bonds. The average molecular weight is 370 g/mol. The Kier molecular flexibility index (Phi) is 7.29. The van der Waals surface area contributed by atoms with E-state index in [0.717, 1.165) is 13.0 Å². The van der Waals surface area contributed by atoms with Gasteiger partial charge in [0.1, 0.15) is 5.60 Å². The van der Waals surface area contributed by atoms with E-state index >= 15 is 0 Å².